The summed E-state index contributed by atoms with van der Waals surface area (Å²) in [6.07, 6.45) is 1.06. The SMILES string of the molecule is O=C(O)c1ccc(O)c(C=NNc2ccc([N+](=O)[O-])cc2[N+](=O)[O-])c1. The highest BCUT2D eigenvalue weighted by Crippen LogP contribution is 2.29. The van der Waals surface area contributed by atoms with Gasteiger partial charge in [-0.1, -0.05) is 0 Å². The Bertz CT molecular complexity index is 895. The van der Waals surface area contributed by atoms with Crippen LogP contribution in [-0.2, 0) is 0 Å². The number of hydrogen-bond donors (Lipinski definition) is 3. The van der Waals surface area contributed by atoms with E-state index in [1.165, 1.54) is 12.1 Å². The molecule has 0 radical (unpaired) electrons. The summed E-state index contributed by atoms with van der Waals surface area (Å²) < 4.78 is 0. The van der Waals surface area contributed by atoms with Crippen molar-refractivity contribution in [2.45, 2.75) is 0 Å². The van der Waals surface area contributed by atoms with E-state index in [1.54, 1.807) is 0 Å². The topological polar surface area (TPSA) is 168 Å². The van der Waals surface area contributed by atoms with E-state index in [0.29, 0.717) is 0 Å². The summed E-state index contributed by atoms with van der Waals surface area (Å²) in [5.74, 6) is -1.44. The van der Waals surface area contributed by atoms with E-state index in [9.17, 15) is 30.1 Å². The number of phenolic OH excluding ortho intramolecular Hbond substituents is 1. The number of rotatable bonds is 6. The zero-order valence-corrected chi connectivity index (χ0v) is 12.3. The molecule has 0 fully saturated rings. The van der Waals surface area contributed by atoms with E-state index < -0.39 is 27.2 Å². The average Bonchev–Trinajstić information content (AvgIpc) is 2.56. The van der Waals surface area contributed by atoms with Crippen LogP contribution in [0.2, 0.25) is 0 Å². The van der Waals surface area contributed by atoms with Crippen molar-refractivity contribution in [1.29, 1.82) is 0 Å². The molecule has 0 heterocycles. The van der Waals surface area contributed by atoms with Gasteiger partial charge < -0.3 is 10.2 Å². The molecule has 0 aliphatic heterocycles. The van der Waals surface area contributed by atoms with Crippen LogP contribution in [0.25, 0.3) is 0 Å². The Hall–Kier alpha value is -4.02. The molecule has 0 spiro atoms. The molecule has 0 atom stereocenters. The van der Waals surface area contributed by atoms with Crippen molar-refractivity contribution in [2.24, 2.45) is 5.10 Å². The quantitative estimate of drug-likeness (QED) is 0.406. The number of carboxylic acids is 1. The van der Waals surface area contributed by atoms with Crippen LogP contribution in [0.3, 0.4) is 0 Å². The van der Waals surface area contributed by atoms with Gasteiger partial charge in [0.05, 0.1) is 27.7 Å². The molecule has 2 aromatic carbocycles. The van der Waals surface area contributed by atoms with Gasteiger partial charge in [0.25, 0.3) is 5.69 Å². The molecular formula is C14H10N4O7. The van der Waals surface area contributed by atoms with Crippen LogP contribution in [0.1, 0.15) is 15.9 Å². The van der Waals surface area contributed by atoms with Crippen molar-refractivity contribution in [3.05, 3.63) is 67.8 Å². The Labute approximate surface area is 139 Å². The zero-order chi connectivity index (χ0) is 18.6. The van der Waals surface area contributed by atoms with Gasteiger partial charge in [0.1, 0.15) is 11.4 Å². The van der Waals surface area contributed by atoms with Crippen molar-refractivity contribution in [1.82, 2.24) is 0 Å². The lowest BCUT2D eigenvalue weighted by molar-refractivity contribution is -0.393. The first-order valence-corrected chi connectivity index (χ1v) is 6.58. The maximum absolute atomic E-state index is 11.0. The minimum absolute atomic E-state index is 0.0666. The molecule has 0 aliphatic rings. The van der Waals surface area contributed by atoms with Crippen LogP contribution < -0.4 is 5.43 Å². The molecule has 11 nitrogen and oxygen atoms in total. The largest absolute Gasteiger partial charge is 0.507 e. The number of hydrazone groups is 1. The molecular weight excluding hydrogens is 336 g/mol. The number of phenols is 1. The lowest BCUT2D eigenvalue weighted by atomic mass is 10.1. The fourth-order valence-corrected chi connectivity index (χ4v) is 1.84. The van der Waals surface area contributed by atoms with E-state index in [4.69, 9.17) is 5.11 Å². The maximum atomic E-state index is 11.0. The Morgan fingerprint density at radius 1 is 1.12 bits per heavy atom. The van der Waals surface area contributed by atoms with Gasteiger partial charge >= 0.3 is 11.7 Å². The molecule has 0 bridgehead atoms. The van der Waals surface area contributed by atoms with Gasteiger partial charge in [-0.3, -0.25) is 25.7 Å². The van der Waals surface area contributed by atoms with Gasteiger partial charge in [0.15, 0.2) is 0 Å². The third-order valence-electron chi connectivity index (χ3n) is 3.05. The minimum atomic E-state index is -1.20. The third-order valence-corrected chi connectivity index (χ3v) is 3.05. The first kappa shape index (κ1) is 17.3. The summed E-state index contributed by atoms with van der Waals surface area (Å²) in [4.78, 5) is 31.0. The van der Waals surface area contributed by atoms with Crippen LogP contribution in [0.4, 0.5) is 17.1 Å². The number of non-ortho nitro benzene ring substituents is 1. The van der Waals surface area contributed by atoms with Crippen LogP contribution >= 0.6 is 0 Å². The molecule has 128 valence electrons. The number of nitrogens with zero attached hydrogens (tertiary/aromatic N) is 3. The molecule has 0 amide bonds. The van der Waals surface area contributed by atoms with E-state index in [2.05, 4.69) is 10.5 Å². The summed E-state index contributed by atoms with van der Waals surface area (Å²) in [6, 6.07) is 6.48. The molecule has 0 aromatic heterocycles. The number of aromatic carboxylic acids is 1. The van der Waals surface area contributed by atoms with Crippen molar-refractivity contribution in [3.8, 4) is 5.75 Å². The normalized spacial score (nSPS) is 10.6. The van der Waals surface area contributed by atoms with E-state index in [1.807, 2.05) is 0 Å². The fraction of sp³-hybridized carbons (Fsp3) is 0. The molecule has 3 N–H and O–H groups in total. The first-order valence-electron chi connectivity index (χ1n) is 6.58. The van der Waals surface area contributed by atoms with Crippen LogP contribution in [0.15, 0.2) is 41.5 Å². The number of carbonyl (C=O) groups is 1. The molecule has 2 rings (SSSR count). The zero-order valence-electron chi connectivity index (χ0n) is 12.3. The van der Waals surface area contributed by atoms with Crippen LogP contribution in [0, 0.1) is 20.2 Å². The molecule has 2 aromatic rings. The third kappa shape index (κ3) is 4.04. The number of carboxylic acid groups (broad SMARTS) is 1. The second kappa shape index (κ2) is 7.04. The number of nitro benzene ring substituents is 2. The lowest BCUT2D eigenvalue weighted by Crippen LogP contribution is -2.00. The van der Waals surface area contributed by atoms with Crippen molar-refractivity contribution in [2.75, 3.05) is 5.43 Å². The minimum Gasteiger partial charge on any atom is -0.507 e. The number of anilines is 1. The Morgan fingerprint density at radius 3 is 2.44 bits per heavy atom. The van der Waals surface area contributed by atoms with Gasteiger partial charge in [0, 0.05) is 11.6 Å². The Balaban J connectivity index is 2.28. The molecule has 0 unspecified atom stereocenters. The summed E-state index contributed by atoms with van der Waals surface area (Å²) in [5.41, 5.74) is 1.19. The van der Waals surface area contributed by atoms with Gasteiger partial charge in [-0.05, 0) is 24.3 Å². The number of nitro groups is 2. The predicted octanol–water partition coefficient (Wildman–Crippen LogP) is 2.35. The van der Waals surface area contributed by atoms with Gasteiger partial charge in [-0.15, -0.1) is 0 Å². The van der Waals surface area contributed by atoms with E-state index in [0.717, 1.165) is 30.5 Å². The molecule has 25 heavy (non-hydrogen) atoms. The number of nitrogens with one attached hydrogen (secondary N) is 1. The van der Waals surface area contributed by atoms with E-state index in [-0.39, 0.29) is 22.6 Å². The fourth-order valence-electron chi connectivity index (χ4n) is 1.84. The maximum Gasteiger partial charge on any atom is 0.335 e. The van der Waals surface area contributed by atoms with Gasteiger partial charge in [-0.2, -0.15) is 5.10 Å². The van der Waals surface area contributed by atoms with Crippen LogP contribution in [0.5, 0.6) is 5.75 Å². The highest BCUT2D eigenvalue weighted by atomic mass is 16.6. The molecule has 0 aliphatic carbocycles. The Kier molecular flexibility index (Phi) is 4.88. The molecule has 0 saturated carbocycles. The summed E-state index contributed by atoms with van der Waals surface area (Å²) >= 11 is 0. The summed E-state index contributed by atoms with van der Waals surface area (Å²) in [5, 5.41) is 43.9. The second-order valence-electron chi connectivity index (χ2n) is 4.66. The van der Waals surface area contributed by atoms with Crippen molar-refractivity contribution >= 4 is 29.2 Å². The van der Waals surface area contributed by atoms with E-state index >= 15 is 0 Å². The van der Waals surface area contributed by atoms with Crippen molar-refractivity contribution in [3.63, 3.8) is 0 Å². The highest BCUT2D eigenvalue weighted by Gasteiger charge is 2.19. The average molecular weight is 346 g/mol. The highest BCUT2D eigenvalue weighted by molar-refractivity contribution is 5.92. The number of benzene rings is 2. The first-order chi connectivity index (χ1) is 11.8. The Morgan fingerprint density at radius 2 is 1.84 bits per heavy atom. The smallest absolute Gasteiger partial charge is 0.335 e. The molecule has 11 heteroatoms. The summed E-state index contributed by atoms with van der Waals surface area (Å²) in [6.45, 7) is 0. The van der Waals surface area contributed by atoms with Gasteiger partial charge in [-0.25, -0.2) is 4.79 Å². The monoisotopic (exact) mass is 346 g/mol. The standard InChI is InChI=1S/C14H10N4O7/c19-13-4-1-8(14(20)21)5-9(13)7-15-16-11-3-2-10(17(22)23)6-12(11)18(24)25/h1-7,16,19H,(H,20,21). The molecule has 0 saturated heterocycles. The lowest BCUT2D eigenvalue weighted by Gasteiger charge is -2.03. The van der Waals surface area contributed by atoms with Gasteiger partial charge in [0.2, 0.25) is 0 Å². The predicted molar refractivity (Wildman–Crippen MR) is 86.0 cm³/mol. The number of aromatic hydroxyl groups is 1. The van der Waals surface area contributed by atoms with Crippen LogP contribution in [-0.4, -0.2) is 32.2 Å². The van der Waals surface area contributed by atoms with Crippen molar-refractivity contribution < 1.29 is 24.9 Å². The second-order valence-corrected chi connectivity index (χ2v) is 4.66. The summed E-state index contributed by atoms with van der Waals surface area (Å²) in [7, 11) is 0. The number of hydrogen-bond acceptors (Lipinski definition) is 8.